The minimum Gasteiger partial charge on any atom is -0.497 e. The molecule has 2 heterocycles. The van der Waals surface area contributed by atoms with E-state index in [4.69, 9.17) is 18.4 Å². The first-order valence-corrected chi connectivity index (χ1v) is 9.35. The second-order valence-corrected chi connectivity index (χ2v) is 6.73. The monoisotopic (exact) mass is 407 g/mol. The third-order valence-electron chi connectivity index (χ3n) is 4.76. The predicted molar refractivity (Wildman–Crippen MR) is 110 cm³/mol. The summed E-state index contributed by atoms with van der Waals surface area (Å²) in [6, 6.07) is 12.6. The lowest BCUT2D eigenvalue weighted by Gasteiger charge is -2.16. The Kier molecular flexibility index (Phi) is 5.49. The molecule has 0 bridgehead atoms. The van der Waals surface area contributed by atoms with Crippen molar-refractivity contribution >= 4 is 16.9 Å². The lowest BCUT2D eigenvalue weighted by molar-refractivity contribution is 0.0744. The van der Waals surface area contributed by atoms with E-state index in [2.05, 4.69) is 10.1 Å². The lowest BCUT2D eigenvalue weighted by Crippen LogP contribution is -2.29. The second-order valence-electron chi connectivity index (χ2n) is 6.73. The van der Waals surface area contributed by atoms with Crippen molar-refractivity contribution in [3.8, 4) is 28.6 Å². The van der Waals surface area contributed by atoms with Crippen LogP contribution in [0.15, 0.2) is 57.7 Å². The molecular formula is C22H21N3O5. The van der Waals surface area contributed by atoms with E-state index in [-0.39, 0.29) is 5.91 Å². The number of oxazole rings is 1. The van der Waals surface area contributed by atoms with Crippen LogP contribution in [0.25, 0.3) is 33.8 Å². The quantitative estimate of drug-likeness (QED) is 0.459. The average molecular weight is 407 g/mol. The van der Waals surface area contributed by atoms with Gasteiger partial charge in [0, 0.05) is 31.8 Å². The maximum absolute atomic E-state index is 12.7. The molecule has 2 aromatic carbocycles. The molecule has 30 heavy (non-hydrogen) atoms. The Hall–Kier alpha value is -3.65. The Morgan fingerprint density at radius 1 is 1.17 bits per heavy atom. The van der Waals surface area contributed by atoms with E-state index in [9.17, 15) is 4.79 Å². The summed E-state index contributed by atoms with van der Waals surface area (Å²) < 4.78 is 21.4. The SMILES string of the molecule is COCCN(C)C(=O)c1ccc2onc(-c3coc(-c4cccc(OC)c4)n3)c2c1. The van der Waals surface area contributed by atoms with Crippen LogP contribution in [-0.2, 0) is 4.74 Å². The molecule has 8 heteroatoms. The van der Waals surface area contributed by atoms with E-state index < -0.39 is 0 Å². The Balaban J connectivity index is 1.66. The van der Waals surface area contributed by atoms with Gasteiger partial charge in [-0.2, -0.15) is 0 Å². The van der Waals surface area contributed by atoms with Crippen molar-refractivity contribution in [1.82, 2.24) is 15.0 Å². The molecule has 1 amide bonds. The number of ether oxygens (including phenoxy) is 2. The zero-order chi connectivity index (χ0) is 21.1. The van der Waals surface area contributed by atoms with E-state index in [1.54, 1.807) is 44.4 Å². The molecule has 0 spiro atoms. The summed E-state index contributed by atoms with van der Waals surface area (Å²) in [7, 11) is 4.94. The standard InChI is InChI=1S/C22H21N3O5/c1-25(9-10-27-2)22(26)15-7-8-19-17(12-15)20(24-30-19)18-13-29-21(23-18)14-5-4-6-16(11-14)28-3/h4-8,11-13H,9-10H2,1-3H3. The van der Waals surface area contributed by atoms with Crippen LogP contribution in [0.1, 0.15) is 10.4 Å². The molecule has 4 rings (SSSR count). The zero-order valence-electron chi connectivity index (χ0n) is 16.9. The largest absolute Gasteiger partial charge is 0.497 e. The first-order chi connectivity index (χ1) is 14.6. The number of hydrogen-bond acceptors (Lipinski definition) is 7. The van der Waals surface area contributed by atoms with Gasteiger partial charge in [0.05, 0.1) is 19.1 Å². The molecular weight excluding hydrogens is 386 g/mol. The first kappa shape index (κ1) is 19.7. The molecule has 154 valence electrons. The Bertz CT molecular complexity index is 1180. The summed E-state index contributed by atoms with van der Waals surface area (Å²) in [5, 5.41) is 4.82. The highest BCUT2D eigenvalue weighted by Gasteiger charge is 2.19. The molecule has 0 aliphatic rings. The second kappa shape index (κ2) is 8.38. The Morgan fingerprint density at radius 3 is 2.83 bits per heavy atom. The van der Waals surface area contributed by atoms with Gasteiger partial charge in [-0.3, -0.25) is 4.79 Å². The summed E-state index contributed by atoms with van der Waals surface area (Å²) in [4.78, 5) is 18.8. The van der Waals surface area contributed by atoms with E-state index in [1.807, 2.05) is 24.3 Å². The third kappa shape index (κ3) is 3.77. The zero-order valence-corrected chi connectivity index (χ0v) is 16.9. The number of aromatic nitrogens is 2. The van der Waals surface area contributed by atoms with E-state index in [0.717, 1.165) is 5.56 Å². The van der Waals surface area contributed by atoms with Gasteiger partial charge in [0.1, 0.15) is 23.4 Å². The molecule has 8 nitrogen and oxygen atoms in total. The van der Waals surface area contributed by atoms with Crippen molar-refractivity contribution in [2.75, 3.05) is 34.4 Å². The van der Waals surface area contributed by atoms with Crippen molar-refractivity contribution in [2.45, 2.75) is 0 Å². The van der Waals surface area contributed by atoms with Crippen LogP contribution in [0.3, 0.4) is 0 Å². The van der Waals surface area contributed by atoms with Crippen LogP contribution in [0.2, 0.25) is 0 Å². The van der Waals surface area contributed by atoms with Gasteiger partial charge < -0.3 is 23.3 Å². The van der Waals surface area contributed by atoms with E-state index in [1.165, 1.54) is 6.26 Å². The van der Waals surface area contributed by atoms with Gasteiger partial charge in [0.15, 0.2) is 5.58 Å². The number of carbonyl (C=O) groups excluding carboxylic acids is 1. The number of nitrogens with zero attached hydrogens (tertiary/aromatic N) is 3. The maximum atomic E-state index is 12.7. The Labute approximate surface area is 173 Å². The molecule has 0 saturated carbocycles. The minimum atomic E-state index is -0.113. The maximum Gasteiger partial charge on any atom is 0.253 e. The molecule has 0 radical (unpaired) electrons. The molecule has 0 aliphatic carbocycles. The van der Waals surface area contributed by atoms with Crippen molar-refractivity contribution in [3.05, 3.63) is 54.3 Å². The molecule has 0 unspecified atom stereocenters. The van der Waals surface area contributed by atoms with Gasteiger partial charge >= 0.3 is 0 Å². The third-order valence-corrected chi connectivity index (χ3v) is 4.76. The van der Waals surface area contributed by atoms with Crippen molar-refractivity contribution in [1.29, 1.82) is 0 Å². The number of benzene rings is 2. The number of rotatable bonds is 7. The van der Waals surface area contributed by atoms with E-state index >= 15 is 0 Å². The van der Waals surface area contributed by atoms with Gasteiger partial charge in [0.25, 0.3) is 5.91 Å². The van der Waals surface area contributed by atoms with E-state index in [0.29, 0.717) is 52.7 Å². The summed E-state index contributed by atoms with van der Waals surface area (Å²) in [5.41, 5.74) is 2.90. The number of amides is 1. The van der Waals surface area contributed by atoms with Crippen molar-refractivity contribution in [2.24, 2.45) is 0 Å². The molecule has 0 fully saturated rings. The highest BCUT2D eigenvalue weighted by molar-refractivity contribution is 6.00. The molecule has 0 aliphatic heterocycles. The first-order valence-electron chi connectivity index (χ1n) is 9.35. The summed E-state index contributed by atoms with van der Waals surface area (Å²) in [6.07, 6.45) is 1.52. The summed E-state index contributed by atoms with van der Waals surface area (Å²) in [5.74, 6) is 1.03. The normalized spacial score (nSPS) is 11.0. The summed E-state index contributed by atoms with van der Waals surface area (Å²) in [6.45, 7) is 0.964. The number of methoxy groups -OCH3 is 2. The predicted octanol–water partition coefficient (Wildman–Crippen LogP) is 3.88. The molecule has 2 aromatic heterocycles. The van der Waals surface area contributed by atoms with Gasteiger partial charge in [-0.1, -0.05) is 11.2 Å². The number of carbonyl (C=O) groups is 1. The van der Waals surface area contributed by atoms with Gasteiger partial charge in [-0.15, -0.1) is 0 Å². The van der Waals surface area contributed by atoms with Crippen LogP contribution < -0.4 is 4.74 Å². The Morgan fingerprint density at radius 2 is 2.03 bits per heavy atom. The molecule has 4 aromatic rings. The molecule has 0 saturated heterocycles. The number of likely N-dealkylation sites (N-methyl/N-ethyl adjacent to an activating group) is 1. The number of hydrogen-bond donors (Lipinski definition) is 0. The van der Waals surface area contributed by atoms with Crippen LogP contribution >= 0.6 is 0 Å². The lowest BCUT2D eigenvalue weighted by atomic mass is 10.1. The smallest absolute Gasteiger partial charge is 0.253 e. The molecule has 0 N–H and O–H groups in total. The van der Waals surface area contributed by atoms with Gasteiger partial charge in [-0.05, 0) is 36.4 Å². The fraction of sp³-hybridized carbons (Fsp3) is 0.227. The van der Waals surface area contributed by atoms with Crippen molar-refractivity contribution < 1.29 is 23.2 Å². The van der Waals surface area contributed by atoms with Crippen LogP contribution in [0, 0.1) is 0 Å². The topological polar surface area (TPSA) is 90.8 Å². The van der Waals surface area contributed by atoms with Gasteiger partial charge in [-0.25, -0.2) is 4.98 Å². The average Bonchev–Trinajstić information content (AvgIpc) is 3.43. The fourth-order valence-electron chi connectivity index (χ4n) is 3.08. The van der Waals surface area contributed by atoms with Gasteiger partial charge in [0.2, 0.25) is 5.89 Å². The van der Waals surface area contributed by atoms with Crippen molar-refractivity contribution in [3.63, 3.8) is 0 Å². The minimum absolute atomic E-state index is 0.113. The summed E-state index contributed by atoms with van der Waals surface area (Å²) >= 11 is 0. The van der Waals surface area contributed by atoms with Crippen LogP contribution in [-0.4, -0.2) is 55.4 Å². The highest BCUT2D eigenvalue weighted by atomic mass is 16.5. The number of fused-ring (bicyclic) bond motifs is 1. The van der Waals surface area contributed by atoms with Crippen LogP contribution in [0.4, 0.5) is 0 Å². The highest BCUT2D eigenvalue weighted by Crippen LogP contribution is 2.31. The molecule has 0 atom stereocenters. The fourth-order valence-corrected chi connectivity index (χ4v) is 3.08. The van der Waals surface area contributed by atoms with Crippen LogP contribution in [0.5, 0.6) is 5.75 Å².